The second-order valence-corrected chi connectivity index (χ2v) is 3.99. The summed E-state index contributed by atoms with van der Waals surface area (Å²) in [6, 6.07) is 5.62. The van der Waals surface area contributed by atoms with E-state index in [0.29, 0.717) is 15.6 Å². The zero-order chi connectivity index (χ0) is 11.4. The number of hydrogen-bond acceptors (Lipinski definition) is 2. The molecule has 0 bridgehead atoms. The number of carbonyl (C=O) groups is 1. The molecular formula is C11H10BrNO2. The highest BCUT2D eigenvalue weighted by atomic mass is 79.9. The van der Waals surface area contributed by atoms with Gasteiger partial charge in [0.1, 0.15) is 0 Å². The lowest BCUT2D eigenvalue weighted by atomic mass is 10.0. The molecule has 1 rings (SSSR count). The van der Waals surface area contributed by atoms with Gasteiger partial charge >= 0.3 is 5.97 Å². The Morgan fingerprint density at radius 3 is 2.73 bits per heavy atom. The fourth-order valence-electron chi connectivity index (χ4n) is 1.33. The van der Waals surface area contributed by atoms with Gasteiger partial charge in [-0.25, -0.2) is 0 Å². The number of hydrogen-bond donors (Lipinski definition) is 1. The van der Waals surface area contributed by atoms with E-state index in [1.54, 1.807) is 6.07 Å². The predicted octanol–water partition coefficient (Wildman–Crippen LogP) is 2.51. The van der Waals surface area contributed by atoms with E-state index in [2.05, 4.69) is 15.9 Å². The van der Waals surface area contributed by atoms with E-state index in [1.165, 1.54) is 0 Å². The standard InChI is InChI=1S/C11H10BrNO2/c1-2-7-3-8(6-13)9(5-11(14)15)10(12)4-7/h3-4H,2,5H2,1H3,(H,14,15). The first-order valence-corrected chi connectivity index (χ1v) is 5.31. The van der Waals surface area contributed by atoms with Crippen LogP contribution in [-0.4, -0.2) is 11.1 Å². The second-order valence-electron chi connectivity index (χ2n) is 3.14. The first kappa shape index (κ1) is 11.7. The maximum absolute atomic E-state index is 10.6. The van der Waals surface area contributed by atoms with Gasteiger partial charge < -0.3 is 5.11 Å². The van der Waals surface area contributed by atoms with E-state index in [9.17, 15) is 4.79 Å². The summed E-state index contributed by atoms with van der Waals surface area (Å²) in [5, 5.41) is 17.6. The first-order chi connectivity index (χ1) is 7.08. The van der Waals surface area contributed by atoms with Gasteiger partial charge in [-0.3, -0.25) is 4.79 Å². The van der Waals surface area contributed by atoms with Crippen molar-refractivity contribution in [3.8, 4) is 6.07 Å². The lowest BCUT2D eigenvalue weighted by Gasteiger charge is -2.06. The van der Waals surface area contributed by atoms with Crippen molar-refractivity contribution in [2.45, 2.75) is 19.8 Å². The number of carboxylic acid groups (broad SMARTS) is 1. The Kier molecular flexibility index (Phi) is 3.87. The molecule has 15 heavy (non-hydrogen) atoms. The van der Waals surface area contributed by atoms with Crippen molar-refractivity contribution in [2.75, 3.05) is 0 Å². The summed E-state index contributed by atoms with van der Waals surface area (Å²) in [7, 11) is 0. The third kappa shape index (κ3) is 2.80. The smallest absolute Gasteiger partial charge is 0.307 e. The minimum Gasteiger partial charge on any atom is -0.481 e. The van der Waals surface area contributed by atoms with E-state index < -0.39 is 5.97 Å². The monoisotopic (exact) mass is 267 g/mol. The van der Waals surface area contributed by atoms with Gasteiger partial charge in [0, 0.05) is 4.47 Å². The van der Waals surface area contributed by atoms with Crippen LogP contribution in [0, 0.1) is 11.3 Å². The van der Waals surface area contributed by atoms with Gasteiger partial charge in [0.15, 0.2) is 0 Å². The molecule has 78 valence electrons. The number of nitrogens with zero attached hydrogens (tertiary/aromatic N) is 1. The minimum absolute atomic E-state index is 0.131. The summed E-state index contributed by atoms with van der Waals surface area (Å²) in [5.41, 5.74) is 2.00. The van der Waals surface area contributed by atoms with Crippen LogP contribution in [0.25, 0.3) is 0 Å². The molecule has 4 heteroatoms. The molecule has 1 aromatic rings. The summed E-state index contributed by atoms with van der Waals surface area (Å²) in [6.45, 7) is 1.99. The molecule has 0 aliphatic rings. The van der Waals surface area contributed by atoms with Crippen molar-refractivity contribution in [3.63, 3.8) is 0 Å². The second kappa shape index (κ2) is 4.94. The van der Waals surface area contributed by atoms with Crippen molar-refractivity contribution < 1.29 is 9.90 Å². The number of halogens is 1. The Balaban J connectivity index is 3.26. The number of benzene rings is 1. The quantitative estimate of drug-likeness (QED) is 0.916. The molecular weight excluding hydrogens is 258 g/mol. The lowest BCUT2D eigenvalue weighted by Crippen LogP contribution is -2.04. The fraction of sp³-hybridized carbons (Fsp3) is 0.273. The predicted molar refractivity (Wildman–Crippen MR) is 59.6 cm³/mol. The van der Waals surface area contributed by atoms with Gasteiger partial charge in [-0.15, -0.1) is 0 Å². The first-order valence-electron chi connectivity index (χ1n) is 4.51. The highest BCUT2D eigenvalue weighted by molar-refractivity contribution is 9.10. The van der Waals surface area contributed by atoms with Crippen LogP contribution in [0.15, 0.2) is 16.6 Å². The maximum Gasteiger partial charge on any atom is 0.307 e. The number of rotatable bonds is 3. The van der Waals surface area contributed by atoms with Crippen LogP contribution in [0.3, 0.4) is 0 Å². The molecule has 0 saturated heterocycles. The molecule has 0 radical (unpaired) electrons. The van der Waals surface area contributed by atoms with Crippen LogP contribution in [-0.2, 0) is 17.6 Å². The molecule has 0 amide bonds. The zero-order valence-electron chi connectivity index (χ0n) is 8.25. The molecule has 0 spiro atoms. The van der Waals surface area contributed by atoms with Crippen LogP contribution in [0.2, 0.25) is 0 Å². The minimum atomic E-state index is -0.934. The van der Waals surface area contributed by atoms with Crippen molar-refractivity contribution in [3.05, 3.63) is 33.3 Å². The number of aliphatic carboxylic acids is 1. The average Bonchev–Trinajstić information content (AvgIpc) is 2.20. The summed E-state index contributed by atoms with van der Waals surface area (Å²) >= 11 is 3.29. The van der Waals surface area contributed by atoms with Crippen molar-refractivity contribution in [1.82, 2.24) is 0 Å². The summed E-state index contributed by atoms with van der Waals surface area (Å²) in [4.78, 5) is 10.6. The van der Waals surface area contributed by atoms with Crippen molar-refractivity contribution >= 4 is 21.9 Å². The molecule has 0 fully saturated rings. The molecule has 1 N–H and O–H groups in total. The third-order valence-corrected chi connectivity index (χ3v) is 2.82. The normalized spacial score (nSPS) is 9.67. The van der Waals surface area contributed by atoms with E-state index >= 15 is 0 Å². The summed E-state index contributed by atoms with van der Waals surface area (Å²) < 4.78 is 0.695. The Hall–Kier alpha value is -1.34. The van der Waals surface area contributed by atoms with Gasteiger partial charge in [0.2, 0.25) is 0 Å². The van der Waals surface area contributed by atoms with Crippen LogP contribution in [0.1, 0.15) is 23.6 Å². The average molecular weight is 268 g/mol. The molecule has 0 aromatic heterocycles. The molecule has 0 saturated carbocycles. The largest absolute Gasteiger partial charge is 0.481 e. The summed E-state index contributed by atoms with van der Waals surface area (Å²) in [5.74, 6) is -0.934. The Morgan fingerprint density at radius 2 is 2.27 bits per heavy atom. The number of aryl methyl sites for hydroxylation is 1. The third-order valence-electron chi connectivity index (χ3n) is 2.11. The highest BCUT2D eigenvalue weighted by Crippen LogP contribution is 2.23. The molecule has 0 atom stereocenters. The Bertz CT molecular complexity index is 435. The number of carboxylic acids is 1. The highest BCUT2D eigenvalue weighted by Gasteiger charge is 2.11. The molecule has 0 aliphatic carbocycles. The summed E-state index contributed by atoms with van der Waals surface area (Å²) in [6.07, 6.45) is 0.689. The maximum atomic E-state index is 10.6. The SMILES string of the molecule is CCc1cc(Br)c(CC(=O)O)c(C#N)c1. The van der Waals surface area contributed by atoms with Gasteiger partial charge in [-0.1, -0.05) is 22.9 Å². The molecule has 1 aromatic carbocycles. The van der Waals surface area contributed by atoms with Crippen LogP contribution < -0.4 is 0 Å². The van der Waals surface area contributed by atoms with Crippen LogP contribution >= 0.6 is 15.9 Å². The van der Waals surface area contributed by atoms with Gasteiger partial charge in [0.25, 0.3) is 0 Å². The Morgan fingerprint density at radius 1 is 1.60 bits per heavy atom. The van der Waals surface area contributed by atoms with Gasteiger partial charge in [-0.2, -0.15) is 5.26 Å². The van der Waals surface area contributed by atoms with E-state index in [0.717, 1.165) is 12.0 Å². The van der Waals surface area contributed by atoms with Crippen molar-refractivity contribution in [1.29, 1.82) is 5.26 Å². The van der Waals surface area contributed by atoms with E-state index in [-0.39, 0.29) is 6.42 Å². The van der Waals surface area contributed by atoms with Crippen molar-refractivity contribution in [2.24, 2.45) is 0 Å². The molecule has 0 heterocycles. The van der Waals surface area contributed by atoms with Gasteiger partial charge in [-0.05, 0) is 29.7 Å². The lowest BCUT2D eigenvalue weighted by molar-refractivity contribution is -0.136. The van der Waals surface area contributed by atoms with E-state index in [4.69, 9.17) is 10.4 Å². The number of nitriles is 1. The Labute approximate surface area is 96.5 Å². The molecule has 0 unspecified atom stereocenters. The zero-order valence-corrected chi connectivity index (χ0v) is 9.84. The molecule has 0 aliphatic heterocycles. The van der Waals surface area contributed by atoms with Crippen LogP contribution in [0.5, 0.6) is 0 Å². The molecule has 3 nitrogen and oxygen atoms in total. The van der Waals surface area contributed by atoms with Crippen LogP contribution in [0.4, 0.5) is 0 Å². The topological polar surface area (TPSA) is 61.1 Å². The van der Waals surface area contributed by atoms with Gasteiger partial charge in [0.05, 0.1) is 18.1 Å². The van der Waals surface area contributed by atoms with E-state index in [1.807, 2.05) is 19.1 Å². The fourth-order valence-corrected chi connectivity index (χ4v) is 1.98.